The highest BCUT2D eigenvalue weighted by Gasteiger charge is 2.35. The van der Waals surface area contributed by atoms with Crippen LogP contribution in [-0.2, 0) is 27.2 Å². The predicted molar refractivity (Wildman–Crippen MR) is 231 cm³/mol. The second-order valence-corrected chi connectivity index (χ2v) is 16.3. The van der Waals surface area contributed by atoms with Crippen LogP contribution in [-0.4, -0.2) is 54.4 Å². The smallest absolute Gasteiger partial charge is 0.305 e. The van der Waals surface area contributed by atoms with E-state index in [2.05, 4.69) is 76.6 Å². The van der Waals surface area contributed by atoms with Gasteiger partial charge in [-0.1, -0.05) is 72.6 Å². The lowest BCUT2D eigenvalue weighted by Crippen LogP contribution is -2.09. The zero-order valence-corrected chi connectivity index (χ0v) is 35.8. The van der Waals surface area contributed by atoms with Crippen molar-refractivity contribution in [2.75, 3.05) is 13.7 Å². The number of hydrogen-bond acceptors (Lipinski definition) is 7. The molecular formula is C47H65N5O5. The number of ether oxygens (including phenoxy) is 2. The number of fused-ring (bicyclic) bond motifs is 8. The van der Waals surface area contributed by atoms with Crippen LogP contribution in [0.1, 0.15) is 162 Å². The molecule has 0 aromatic carbocycles. The van der Waals surface area contributed by atoms with Gasteiger partial charge in [-0.2, -0.15) is 0 Å². The molecule has 0 radical (unpaired) electrons. The van der Waals surface area contributed by atoms with Crippen molar-refractivity contribution in [1.82, 2.24) is 24.5 Å². The maximum atomic E-state index is 12.6. The molecule has 3 aromatic heterocycles. The summed E-state index contributed by atoms with van der Waals surface area (Å²) >= 11 is 0. The molecule has 0 fully saturated rings. The van der Waals surface area contributed by atoms with Crippen LogP contribution in [0.15, 0.2) is 18.2 Å². The number of hydrogen-bond donors (Lipinski definition) is 4. The third kappa shape index (κ3) is 8.38. The van der Waals surface area contributed by atoms with Crippen LogP contribution in [0.25, 0.3) is 44.2 Å². The molecule has 0 saturated carbocycles. The van der Waals surface area contributed by atoms with Crippen LogP contribution < -0.4 is 0 Å². The van der Waals surface area contributed by atoms with E-state index in [-0.39, 0.29) is 42.1 Å². The fraction of sp³-hybridized carbons (Fsp3) is 0.553. The summed E-state index contributed by atoms with van der Waals surface area (Å²) in [6.07, 6.45) is 11.2. The van der Waals surface area contributed by atoms with Crippen molar-refractivity contribution in [1.29, 1.82) is 0 Å². The van der Waals surface area contributed by atoms with Crippen molar-refractivity contribution < 1.29 is 24.5 Å². The van der Waals surface area contributed by atoms with Gasteiger partial charge in [-0.3, -0.25) is 14.3 Å². The highest BCUT2D eigenvalue weighted by Crippen LogP contribution is 2.50. The Morgan fingerprint density at radius 2 is 1.53 bits per heavy atom. The molecule has 0 aliphatic carbocycles. The number of aromatic amines is 2. The van der Waals surface area contributed by atoms with E-state index in [0.717, 1.165) is 83.0 Å². The molecule has 3 aliphatic heterocycles. The van der Waals surface area contributed by atoms with Crippen LogP contribution in [0.2, 0.25) is 0 Å². The first-order valence-corrected chi connectivity index (χ1v) is 21.5. The van der Waals surface area contributed by atoms with E-state index in [0.29, 0.717) is 47.4 Å². The molecule has 6 heterocycles. The predicted octanol–water partition coefficient (Wildman–Crippen LogP) is 11.9. The van der Waals surface area contributed by atoms with Crippen LogP contribution in [0.3, 0.4) is 0 Å². The molecule has 0 spiro atoms. The van der Waals surface area contributed by atoms with Crippen LogP contribution >= 0.6 is 0 Å². The van der Waals surface area contributed by atoms with E-state index in [4.69, 9.17) is 19.4 Å². The first-order valence-electron chi connectivity index (χ1n) is 21.5. The summed E-state index contributed by atoms with van der Waals surface area (Å²) in [5.74, 6) is -0.665. The van der Waals surface area contributed by atoms with Crippen molar-refractivity contribution in [2.24, 2.45) is 0 Å². The number of pyridine rings is 1. The van der Waals surface area contributed by atoms with Crippen LogP contribution in [0.4, 0.5) is 0 Å². The Balaban J connectivity index is 1.69. The van der Waals surface area contributed by atoms with E-state index in [1.807, 2.05) is 6.92 Å². The van der Waals surface area contributed by atoms with E-state index >= 15 is 0 Å². The lowest BCUT2D eigenvalue weighted by Gasteiger charge is -2.21. The molecule has 3 aromatic rings. The van der Waals surface area contributed by atoms with Gasteiger partial charge in [0.2, 0.25) is 11.8 Å². The zero-order chi connectivity index (χ0) is 41.0. The van der Waals surface area contributed by atoms with Crippen molar-refractivity contribution in [3.05, 3.63) is 57.4 Å². The zero-order valence-electron chi connectivity index (χ0n) is 35.8. The SMILES string of the molecule is CCCCCCCOC(C)c1c(C)c2cc3nc(c4c5nc(cc6[nH]c(cc1[nH]2)c(C)c6CC)c(C)c-5c(O)n(CCCCCC)c4O)[C@@H](CCC(=O)OC)[C@@H]3C. The summed E-state index contributed by atoms with van der Waals surface area (Å²) < 4.78 is 13.3. The summed E-state index contributed by atoms with van der Waals surface area (Å²) in [7, 11) is 1.41. The maximum Gasteiger partial charge on any atom is 0.305 e. The molecule has 4 N–H and O–H groups in total. The molecule has 0 amide bonds. The Morgan fingerprint density at radius 1 is 0.842 bits per heavy atom. The van der Waals surface area contributed by atoms with Gasteiger partial charge >= 0.3 is 5.97 Å². The minimum absolute atomic E-state index is 0.00490. The fourth-order valence-corrected chi connectivity index (χ4v) is 9.03. The highest BCUT2D eigenvalue weighted by molar-refractivity contribution is 5.96. The molecule has 0 saturated heterocycles. The Kier molecular flexibility index (Phi) is 13.5. The monoisotopic (exact) mass is 779 g/mol. The second-order valence-electron chi connectivity index (χ2n) is 16.3. The number of unbranched alkanes of at least 4 members (excludes halogenated alkanes) is 7. The summed E-state index contributed by atoms with van der Waals surface area (Å²) in [4.78, 5) is 30.7. The van der Waals surface area contributed by atoms with Crippen molar-refractivity contribution in [3.8, 4) is 23.0 Å². The molecule has 3 atom stereocenters. The molecule has 10 heteroatoms. The Morgan fingerprint density at radius 3 is 2.23 bits per heavy atom. The van der Waals surface area contributed by atoms with Crippen LogP contribution in [0, 0.1) is 20.8 Å². The molecule has 1 unspecified atom stereocenters. The number of nitrogens with zero attached hydrogens (tertiary/aromatic N) is 3. The standard InChI is InChI=1S/C47H65N5O5/c1-10-13-15-17-19-23-57-31(8)41-29(6)36-24-35-28(5)33(20-21-40(53)56-9)44(50-35)43-45-42(46(54)52(47(43)55)22-18-16-14-11-2)30(7)37(51-45)25-38-32(12-3)27(4)34(48-38)26-39(41)49-36/h24-26,28,31,33,48-49,54-55H,10-23H2,1-9H3/t28-,31?,33-/m0/s1. The minimum Gasteiger partial charge on any atom is -0.494 e. The maximum absolute atomic E-state index is 12.6. The van der Waals surface area contributed by atoms with E-state index < -0.39 is 0 Å². The van der Waals surface area contributed by atoms with Crippen molar-refractivity contribution >= 4 is 38.9 Å². The van der Waals surface area contributed by atoms with Crippen molar-refractivity contribution in [2.45, 2.75) is 157 Å². The summed E-state index contributed by atoms with van der Waals surface area (Å²) in [5, 5.41) is 24.7. The Bertz CT molecular complexity index is 2300. The molecule has 10 nitrogen and oxygen atoms in total. The number of aryl methyl sites for hydroxylation is 4. The second kappa shape index (κ2) is 18.3. The summed E-state index contributed by atoms with van der Waals surface area (Å²) in [6.45, 7) is 18.3. The molecule has 308 valence electrons. The van der Waals surface area contributed by atoms with Gasteiger partial charge < -0.3 is 29.7 Å². The van der Waals surface area contributed by atoms with E-state index in [1.165, 1.54) is 43.9 Å². The number of methoxy groups -OCH3 is 1. The number of aromatic hydroxyl groups is 2. The van der Waals surface area contributed by atoms with Gasteiger partial charge in [0.05, 0.1) is 41.1 Å². The summed E-state index contributed by atoms with van der Waals surface area (Å²) in [5.41, 5.74) is 12.7. The molecule has 8 bridgehead atoms. The number of rotatable bonds is 17. The van der Waals surface area contributed by atoms with Gasteiger partial charge in [0.25, 0.3) is 0 Å². The number of esters is 1. The summed E-state index contributed by atoms with van der Waals surface area (Å²) in [6, 6.07) is 6.41. The average molecular weight is 780 g/mol. The lowest BCUT2D eigenvalue weighted by molar-refractivity contribution is -0.140. The number of nitrogens with one attached hydrogen (secondary N) is 2. The number of aromatic nitrogens is 5. The van der Waals surface area contributed by atoms with E-state index in [1.54, 1.807) is 4.57 Å². The highest BCUT2D eigenvalue weighted by atomic mass is 16.5. The normalized spacial score (nSPS) is 15.6. The average Bonchev–Trinajstić information content (AvgIpc) is 3.87. The van der Waals surface area contributed by atoms with Crippen LogP contribution in [0.5, 0.6) is 11.8 Å². The largest absolute Gasteiger partial charge is 0.494 e. The van der Waals surface area contributed by atoms with Gasteiger partial charge in [-0.05, 0) is 93.8 Å². The van der Waals surface area contributed by atoms with Gasteiger partial charge in [0, 0.05) is 64.7 Å². The third-order valence-electron chi connectivity index (χ3n) is 12.5. The third-order valence-corrected chi connectivity index (χ3v) is 12.5. The Labute approximate surface area is 338 Å². The molecule has 57 heavy (non-hydrogen) atoms. The fourth-order valence-electron chi connectivity index (χ4n) is 9.03. The molecule has 3 aliphatic rings. The first-order chi connectivity index (χ1) is 27.4. The van der Waals surface area contributed by atoms with Gasteiger partial charge in [0.1, 0.15) is 0 Å². The van der Waals surface area contributed by atoms with Gasteiger partial charge in [-0.15, -0.1) is 0 Å². The molecular weight excluding hydrogens is 715 g/mol. The molecule has 6 rings (SSSR count). The van der Waals surface area contributed by atoms with Gasteiger partial charge in [0.15, 0.2) is 0 Å². The number of carbonyl (C=O) groups is 1. The topological polar surface area (TPSA) is 138 Å². The van der Waals surface area contributed by atoms with Gasteiger partial charge in [-0.25, -0.2) is 4.98 Å². The Hall–Kier alpha value is -4.57. The van der Waals surface area contributed by atoms with Crippen molar-refractivity contribution in [3.63, 3.8) is 0 Å². The van der Waals surface area contributed by atoms with E-state index in [9.17, 15) is 15.0 Å². The quantitative estimate of drug-likeness (QED) is 0.0544. The number of H-pyrrole nitrogens is 2. The minimum atomic E-state index is -0.292. The first kappa shape index (κ1) is 42.0. The lowest BCUT2D eigenvalue weighted by atomic mass is 9.85. The number of carbonyl (C=O) groups excluding carboxylic acids is 1.